The van der Waals surface area contributed by atoms with Crippen molar-refractivity contribution in [3.63, 3.8) is 0 Å². The van der Waals surface area contributed by atoms with Crippen LogP contribution in [-0.2, 0) is 19.4 Å². The molecule has 4 unspecified atom stereocenters. The van der Waals surface area contributed by atoms with Crippen molar-refractivity contribution in [2.75, 3.05) is 7.11 Å². The maximum atomic E-state index is 13.1. The Kier molecular flexibility index (Phi) is 4.56. The summed E-state index contributed by atoms with van der Waals surface area (Å²) < 4.78 is 31.5. The molecule has 0 spiro atoms. The van der Waals surface area contributed by atoms with E-state index < -0.39 is 45.1 Å². The largest absolute Gasteiger partial charge is 0.381 e. The van der Waals surface area contributed by atoms with Crippen LogP contribution in [0.5, 0.6) is 0 Å². The first-order valence-corrected chi connectivity index (χ1v) is 9.48. The number of fused-ring (bicyclic) bond motifs is 1. The van der Waals surface area contributed by atoms with Crippen LogP contribution in [0.1, 0.15) is 18.4 Å². The summed E-state index contributed by atoms with van der Waals surface area (Å²) in [4.78, 5) is 24.3. The Bertz CT molecular complexity index is 809. The van der Waals surface area contributed by atoms with Crippen molar-refractivity contribution in [1.82, 2.24) is 10.4 Å². The molecule has 1 aromatic carbocycles. The van der Waals surface area contributed by atoms with Gasteiger partial charge in [0, 0.05) is 7.11 Å². The molecule has 25 heavy (non-hydrogen) atoms. The number of carbonyl (C=O) groups is 2. The number of hydrogen-bond donors (Lipinski definition) is 2. The first kappa shape index (κ1) is 17.8. The van der Waals surface area contributed by atoms with E-state index in [9.17, 15) is 23.2 Å². The van der Waals surface area contributed by atoms with Crippen LogP contribution in [0, 0.1) is 12.8 Å². The van der Waals surface area contributed by atoms with Crippen molar-refractivity contribution in [2.45, 2.75) is 42.1 Å². The number of sulfone groups is 1. The predicted octanol–water partition coefficient (Wildman–Crippen LogP) is 0.872. The van der Waals surface area contributed by atoms with E-state index in [1.807, 2.05) is 0 Å². The fourth-order valence-electron chi connectivity index (χ4n) is 3.67. The minimum atomic E-state index is -3.77. The summed E-state index contributed by atoms with van der Waals surface area (Å²) in [5.41, 5.74) is 0.800. The van der Waals surface area contributed by atoms with Crippen LogP contribution in [0.4, 0.5) is 4.79 Å². The van der Waals surface area contributed by atoms with Gasteiger partial charge in [0.25, 0.3) is 5.91 Å². The molecule has 9 heteroatoms. The topological polar surface area (TPSA) is 113 Å². The van der Waals surface area contributed by atoms with Crippen molar-refractivity contribution >= 4 is 21.8 Å². The molecule has 3 amide bonds. The van der Waals surface area contributed by atoms with Crippen LogP contribution in [0.25, 0.3) is 0 Å². The lowest BCUT2D eigenvalue weighted by Gasteiger charge is -2.44. The van der Waals surface area contributed by atoms with Gasteiger partial charge >= 0.3 is 6.03 Å². The summed E-state index contributed by atoms with van der Waals surface area (Å²) in [6, 6.07) is 4.54. The number of hydrogen-bond acceptors (Lipinski definition) is 6. The number of carbonyl (C=O) groups excluding carboxylic acids is 2. The average molecular weight is 368 g/mol. The zero-order valence-electron chi connectivity index (χ0n) is 13.9. The number of nitrogens with zero attached hydrogens (tertiary/aromatic N) is 1. The standard InChI is InChI=1S/C16H20N2O6S/c1-9-4-3-5-10(8-9)25(22,23)12-7-6-11(24-2)13-14(12)17-16(20)18(21)15(13)19/h3-5,8,11-14,21H,6-7H2,1-2H3,(H,17,20). The van der Waals surface area contributed by atoms with E-state index >= 15 is 0 Å². The molecule has 1 aromatic rings. The molecule has 3 rings (SSSR count). The molecule has 136 valence electrons. The second-order valence-electron chi connectivity index (χ2n) is 6.40. The highest BCUT2D eigenvalue weighted by atomic mass is 32.2. The maximum Gasteiger partial charge on any atom is 0.348 e. The highest BCUT2D eigenvalue weighted by Crippen LogP contribution is 2.36. The van der Waals surface area contributed by atoms with Gasteiger partial charge in [-0.2, -0.15) is 0 Å². The molecular formula is C16H20N2O6S. The van der Waals surface area contributed by atoms with Gasteiger partial charge in [0.1, 0.15) is 0 Å². The van der Waals surface area contributed by atoms with Crippen LogP contribution in [0.15, 0.2) is 29.2 Å². The molecule has 4 atom stereocenters. The summed E-state index contributed by atoms with van der Waals surface area (Å²) >= 11 is 0. The maximum absolute atomic E-state index is 13.1. The third-order valence-electron chi connectivity index (χ3n) is 4.92. The first-order valence-electron chi connectivity index (χ1n) is 7.94. The fourth-order valence-corrected chi connectivity index (χ4v) is 5.71. The second-order valence-corrected chi connectivity index (χ2v) is 8.57. The van der Waals surface area contributed by atoms with E-state index in [2.05, 4.69) is 5.32 Å². The molecule has 0 aromatic heterocycles. The normalized spacial score (nSPS) is 30.0. The van der Waals surface area contributed by atoms with E-state index in [1.54, 1.807) is 25.1 Å². The molecular weight excluding hydrogens is 348 g/mol. The van der Waals surface area contributed by atoms with Gasteiger partial charge in [-0.3, -0.25) is 10.0 Å². The number of amides is 3. The molecule has 0 radical (unpaired) electrons. The predicted molar refractivity (Wildman–Crippen MR) is 86.6 cm³/mol. The number of urea groups is 1. The number of imide groups is 1. The van der Waals surface area contributed by atoms with Crippen molar-refractivity contribution in [2.24, 2.45) is 5.92 Å². The number of ether oxygens (including phenoxy) is 1. The molecule has 8 nitrogen and oxygen atoms in total. The van der Waals surface area contributed by atoms with Crippen molar-refractivity contribution in [3.05, 3.63) is 29.8 Å². The van der Waals surface area contributed by atoms with E-state index in [1.165, 1.54) is 13.2 Å². The van der Waals surface area contributed by atoms with Gasteiger partial charge in [0.15, 0.2) is 9.84 Å². The third kappa shape index (κ3) is 2.92. The van der Waals surface area contributed by atoms with Crippen molar-refractivity contribution in [3.8, 4) is 0 Å². The van der Waals surface area contributed by atoms with Crippen LogP contribution in [-0.4, -0.2) is 55.1 Å². The Hall–Kier alpha value is -1.97. The molecule has 1 saturated carbocycles. The monoisotopic (exact) mass is 368 g/mol. The van der Waals surface area contributed by atoms with Crippen LogP contribution in [0.2, 0.25) is 0 Å². The highest BCUT2D eigenvalue weighted by Gasteiger charge is 2.54. The Labute approximate surface area is 145 Å². The van der Waals surface area contributed by atoms with Gasteiger partial charge in [-0.15, -0.1) is 5.06 Å². The molecule has 2 aliphatic rings. The van der Waals surface area contributed by atoms with Crippen molar-refractivity contribution in [1.29, 1.82) is 0 Å². The van der Waals surface area contributed by atoms with Crippen LogP contribution >= 0.6 is 0 Å². The lowest BCUT2D eigenvalue weighted by molar-refractivity contribution is -0.170. The van der Waals surface area contributed by atoms with E-state index in [-0.39, 0.29) is 16.4 Å². The number of aryl methyl sites for hydroxylation is 1. The van der Waals surface area contributed by atoms with Crippen molar-refractivity contribution < 1.29 is 28.0 Å². The van der Waals surface area contributed by atoms with E-state index in [0.717, 1.165) is 5.56 Å². The Morgan fingerprint density at radius 2 is 2.00 bits per heavy atom. The van der Waals surface area contributed by atoms with Gasteiger partial charge < -0.3 is 10.1 Å². The Morgan fingerprint density at radius 1 is 1.28 bits per heavy atom. The van der Waals surface area contributed by atoms with Gasteiger partial charge in [-0.25, -0.2) is 13.2 Å². The Morgan fingerprint density at radius 3 is 2.64 bits per heavy atom. The Balaban J connectivity index is 2.02. The molecule has 0 bridgehead atoms. The van der Waals surface area contributed by atoms with Gasteiger partial charge in [-0.1, -0.05) is 12.1 Å². The number of rotatable bonds is 3. The molecule has 1 saturated heterocycles. The molecule has 1 aliphatic carbocycles. The fraction of sp³-hybridized carbons (Fsp3) is 0.500. The first-order chi connectivity index (χ1) is 11.8. The molecule has 1 aliphatic heterocycles. The zero-order chi connectivity index (χ0) is 18.4. The van der Waals surface area contributed by atoms with Gasteiger partial charge in [0.05, 0.1) is 28.2 Å². The summed E-state index contributed by atoms with van der Waals surface area (Å²) in [6.45, 7) is 1.79. The SMILES string of the molecule is COC1CCC(S(=O)(=O)c2cccc(C)c2)C2NC(=O)N(O)C(=O)C12. The van der Waals surface area contributed by atoms with Gasteiger partial charge in [0.2, 0.25) is 0 Å². The lowest BCUT2D eigenvalue weighted by Crippen LogP contribution is -2.68. The quantitative estimate of drug-likeness (QED) is 0.766. The summed E-state index contributed by atoms with van der Waals surface area (Å²) in [5.74, 6) is -1.80. The lowest BCUT2D eigenvalue weighted by atomic mass is 9.80. The van der Waals surface area contributed by atoms with E-state index in [4.69, 9.17) is 4.74 Å². The zero-order valence-corrected chi connectivity index (χ0v) is 14.7. The van der Waals surface area contributed by atoms with E-state index in [0.29, 0.717) is 6.42 Å². The van der Waals surface area contributed by atoms with Crippen LogP contribution < -0.4 is 5.32 Å². The molecule has 2 fully saturated rings. The number of nitrogens with one attached hydrogen (secondary N) is 1. The van der Waals surface area contributed by atoms with Gasteiger partial charge in [-0.05, 0) is 37.5 Å². The highest BCUT2D eigenvalue weighted by molar-refractivity contribution is 7.92. The summed E-state index contributed by atoms with van der Waals surface area (Å²) in [5, 5.41) is 11.1. The number of benzene rings is 1. The summed E-state index contributed by atoms with van der Waals surface area (Å²) in [7, 11) is -2.35. The average Bonchev–Trinajstić information content (AvgIpc) is 2.58. The number of hydroxylamine groups is 2. The summed E-state index contributed by atoms with van der Waals surface area (Å²) in [6.07, 6.45) is 0.00863. The molecule has 1 heterocycles. The molecule has 2 N–H and O–H groups in total. The minimum absolute atomic E-state index is 0.00511. The van der Waals surface area contributed by atoms with Crippen LogP contribution in [0.3, 0.4) is 0 Å². The minimum Gasteiger partial charge on any atom is -0.381 e. The third-order valence-corrected chi connectivity index (χ3v) is 7.16. The smallest absolute Gasteiger partial charge is 0.348 e. The number of methoxy groups -OCH3 is 1. The second kappa shape index (κ2) is 6.40.